The number of carbonyl (C=O) groups is 6. The minimum absolute atomic E-state index is 0.125. The van der Waals surface area contributed by atoms with Gasteiger partial charge >= 0.3 is 0 Å². The monoisotopic (exact) mass is 423 g/mol. The highest BCUT2D eigenvalue weighted by Crippen LogP contribution is 2.55. The highest BCUT2D eigenvalue weighted by molar-refractivity contribution is 6.19. The third kappa shape index (κ3) is 2.49. The van der Waals surface area contributed by atoms with Gasteiger partial charge in [-0.05, 0) is 32.1 Å². The number of nitrogens with zero attached hydrogens (tertiary/aromatic N) is 3. The lowest BCUT2D eigenvalue weighted by Crippen LogP contribution is -2.37. The van der Waals surface area contributed by atoms with Crippen LogP contribution in [-0.2, 0) is 28.8 Å². The molecule has 31 heavy (non-hydrogen) atoms. The Kier molecular flexibility index (Phi) is 3.99. The Bertz CT molecular complexity index is 1090. The summed E-state index contributed by atoms with van der Waals surface area (Å²) in [6.45, 7) is 3.17. The van der Waals surface area contributed by atoms with Gasteiger partial charge in [-0.25, -0.2) is 0 Å². The van der Waals surface area contributed by atoms with Crippen LogP contribution in [0.2, 0.25) is 0 Å². The first-order chi connectivity index (χ1) is 14.6. The number of allylic oxidation sites excluding steroid dienone is 1. The van der Waals surface area contributed by atoms with Gasteiger partial charge in [-0.2, -0.15) is 0 Å². The van der Waals surface area contributed by atoms with Gasteiger partial charge in [-0.15, -0.1) is 0 Å². The Morgan fingerprint density at radius 1 is 0.839 bits per heavy atom. The molecule has 1 saturated heterocycles. The number of fused-ring (bicyclic) bond motifs is 5. The van der Waals surface area contributed by atoms with Crippen molar-refractivity contribution < 1.29 is 28.8 Å². The van der Waals surface area contributed by atoms with E-state index in [1.807, 2.05) is 6.08 Å². The average Bonchev–Trinajstić information content (AvgIpc) is 3.48. The van der Waals surface area contributed by atoms with Gasteiger partial charge in [0.05, 0.1) is 24.9 Å². The number of carbonyl (C=O) groups excluding carboxylic acids is 6. The van der Waals surface area contributed by atoms with E-state index < -0.39 is 23.7 Å². The fourth-order valence-corrected chi connectivity index (χ4v) is 5.56. The lowest BCUT2D eigenvalue weighted by Gasteiger charge is -2.25. The summed E-state index contributed by atoms with van der Waals surface area (Å²) in [7, 11) is 1.35. The Labute approximate surface area is 178 Å². The number of rotatable bonds is 4. The minimum Gasteiger partial charge on any atom is -0.278 e. The molecule has 1 saturated carbocycles. The van der Waals surface area contributed by atoms with E-state index in [0.29, 0.717) is 17.6 Å². The van der Waals surface area contributed by atoms with Crippen molar-refractivity contribution >= 4 is 35.4 Å². The van der Waals surface area contributed by atoms with Crippen molar-refractivity contribution in [3.63, 3.8) is 0 Å². The van der Waals surface area contributed by atoms with Crippen molar-refractivity contribution in [3.8, 4) is 0 Å². The molecule has 0 aromatic rings. The van der Waals surface area contributed by atoms with Crippen LogP contribution >= 0.6 is 0 Å². The highest BCUT2D eigenvalue weighted by Gasteiger charge is 2.61. The fraction of sp³-hybridized carbons (Fsp3) is 0.455. The number of imide groups is 3. The fourth-order valence-electron chi connectivity index (χ4n) is 5.56. The van der Waals surface area contributed by atoms with Crippen LogP contribution in [0, 0.1) is 23.7 Å². The zero-order valence-corrected chi connectivity index (χ0v) is 17.4. The van der Waals surface area contributed by atoms with Crippen LogP contribution in [0.1, 0.15) is 20.3 Å². The van der Waals surface area contributed by atoms with Gasteiger partial charge in [0.2, 0.25) is 11.8 Å². The SMILES string of the molecule is CC1=C(C)C(=O)N(CC2=CC3CC2C2C(=O)N(CC4=CC(=O)N(C)C4=O)C(=O)C32)C1=O. The van der Waals surface area contributed by atoms with Gasteiger partial charge in [0, 0.05) is 29.8 Å². The number of hydrogen-bond acceptors (Lipinski definition) is 6. The molecule has 4 unspecified atom stereocenters. The van der Waals surface area contributed by atoms with Crippen molar-refractivity contribution in [2.24, 2.45) is 23.7 Å². The molecule has 160 valence electrons. The molecule has 3 aliphatic heterocycles. The Balaban J connectivity index is 1.35. The van der Waals surface area contributed by atoms with E-state index >= 15 is 0 Å². The Morgan fingerprint density at radius 2 is 1.45 bits per heavy atom. The summed E-state index contributed by atoms with van der Waals surface area (Å²) in [5, 5.41) is 0. The number of likely N-dealkylation sites (N-methyl/N-ethyl adjacent to an activating group) is 1. The number of likely N-dealkylation sites (tertiary alicyclic amines) is 1. The smallest absolute Gasteiger partial charge is 0.258 e. The second-order valence-electron chi connectivity index (χ2n) is 8.88. The lowest BCUT2D eigenvalue weighted by atomic mass is 9.81. The normalized spacial score (nSPS) is 32.3. The summed E-state index contributed by atoms with van der Waals surface area (Å²) >= 11 is 0. The van der Waals surface area contributed by atoms with Crippen LogP contribution in [0.4, 0.5) is 0 Å². The maximum atomic E-state index is 13.1. The first kappa shape index (κ1) is 19.6. The van der Waals surface area contributed by atoms with Gasteiger partial charge in [0.25, 0.3) is 23.6 Å². The third-order valence-corrected chi connectivity index (χ3v) is 7.39. The molecular formula is C22H21N3O6. The molecule has 6 amide bonds. The van der Waals surface area contributed by atoms with E-state index in [2.05, 4.69) is 0 Å². The minimum atomic E-state index is -0.550. The molecule has 5 rings (SSSR count). The van der Waals surface area contributed by atoms with Gasteiger partial charge in [-0.1, -0.05) is 11.6 Å². The lowest BCUT2D eigenvalue weighted by molar-refractivity contribution is -0.140. The van der Waals surface area contributed by atoms with Crippen LogP contribution in [0.15, 0.2) is 34.4 Å². The summed E-state index contributed by atoms with van der Waals surface area (Å²) in [4.78, 5) is 78.1. The first-order valence-electron chi connectivity index (χ1n) is 10.2. The molecule has 2 fully saturated rings. The molecule has 0 N–H and O–H groups in total. The second kappa shape index (κ2) is 6.32. The molecule has 0 spiro atoms. The van der Waals surface area contributed by atoms with Crippen LogP contribution < -0.4 is 0 Å². The summed E-state index contributed by atoms with van der Waals surface area (Å²) < 4.78 is 0. The Hall–Kier alpha value is -3.36. The van der Waals surface area contributed by atoms with Crippen LogP contribution in [0.5, 0.6) is 0 Å². The predicted molar refractivity (Wildman–Crippen MR) is 104 cm³/mol. The van der Waals surface area contributed by atoms with Gasteiger partial charge in [0.1, 0.15) is 0 Å². The van der Waals surface area contributed by atoms with E-state index in [9.17, 15) is 28.8 Å². The van der Waals surface area contributed by atoms with Gasteiger partial charge < -0.3 is 0 Å². The number of hydrogen-bond donors (Lipinski definition) is 0. The third-order valence-electron chi connectivity index (χ3n) is 7.39. The molecule has 0 aromatic carbocycles. The van der Waals surface area contributed by atoms with E-state index in [0.717, 1.165) is 21.4 Å². The highest BCUT2D eigenvalue weighted by atomic mass is 16.2. The van der Waals surface area contributed by atoms with Crippen molar-refractivity contribution in [1.29, 1.82) is 0 Å². The standard InChI is InChI=1S/C22H21N3O6/c1-9-10(2)19(28)24(18(9)27)7-12-4-11-5-14(12)17-16(11)21(30)25(22(17)31)8-13-6-15(26)23(3)20(13)29/h4,6,11,14,16-17H,5,7-8H2,1-3H3. The average molecular weight is 423 g/mol. The molecule has 9 nitrogen and oxygen atoms in total. The molecule has 0 radical (unpaired) electrons. The van der Waals surface area contributed by atoms with Crippen molar-refractivity contribution in [2.45, 2.75) is 20.3 Å². The molecule has 0 aromatic heterocycles. The van der Waals surface area contributed by atoms with Gasteiger partial charge in [0.15, 0.2) is 0 Å². The molecule has 5 aliphatic rings. The maximum Gasteiger partial charge on any atom is 0.258 e. The predicted octanol–water partition coefficient (Wildman–Crippen LogP) is -0.206. The largest absolute Gasteiger partial charge is 0.278 e. The Morgan fingerprint density at radius 3 is 2.03 bits per heavy atom. The van der Waals surface area contributed by atoms with Crippen LogP contribution in [0.3, 0.4) is 0 Å². The molecule has 2 aliphatic carbocycles. The molecule has 9 heteroatoms. The zero-order chi connectivity index (χ0) is 22.4. The zero-order valence-electron chi connectivity index (χ0n) is 17.4. The second-order valence-corrected chi connectivity index (χ2v) is 8.88. The number of amides is 6. The first-order valence-corrected chi connectivity index (χ1v) is 10.2. The van der Waals surface area contributed by atoms with Crippen molar-refractivity contribution in [2.75, 3.05) is 20.1 Å². The summed E-state index contributed by atoms with van der Waals surface area (Å²) in [5.74, 6) is -3.68. The summed E-state index contributed by atoms with van der Waals surface area (Å²) in [6.07, 6.45) is 3.74. The molecule has 2 bridgehead atoms. The molecule has 3 heterocycles. The van der Waals surface area contributed by atoms with Crippen molar-refractivity contribution in [1.82, 2.24) is 14.7 Å². The van der Waals surface area contributed by atoms with Crippen LogP contribution in [-0.4, -0.2) is 70.3 Å². The van der Waals surface area contributed by atoms with E-state index in [1.54, 1.807) is 13.8 Å². The summed E-state index contributed by atoms with van der Waals surface area (Å²) in [6, 6.07) is 0. The van der Waals surface area contributed by atoms with Crippen LogP contribution in [0.25, 0.3) is 0 Å². The van der Waals surface area contributed by atoms with E-state index in [-0.39, 0.29) is 54.1 Å². The van der Waals surface area contributed by atoms with E-state index in [1.165, 1.54) is 11.9 Å². The van der Waals surface area contributed by atoms with Crippen molar-refractivity contribution in [3.05, 3.63) is 34.4 Å². The molecule has 4 atom stereocenters. The van der Waals surface area contributed by atoms with E-state index in [4.69, 9.17) is 0 Å². The van der Waals surface area contributed by atoms with Gasteiger partial charge in [-0.3, -0.25) is 43.5 Å². The quantitative estimate of drug-likeness (QED) is 0.457. The summed E-state index contributed by atoms with van der Waals surface area (Å²) in [5.41, 5.74) is 1.82. The topological polar surface area (TPSA) is 112 Å². The maximum absolute atomic E-state index is 13.1. The molecular weight excluding hydrogens is 402 g/mol.